The lowest BCUT2D eigenvalue weighted by atomic mass is 10.6. The fraction of sp³-hybridized carbons (Fsp3) is 0.500. The molecule has 3 heteroatoms. The van der Waals surface area contributed by atoms with Crippen molar-refractivity contribution in [3.63, 3.8) is 0 Å². The minimum atomic E-state index is 0.692. The summed E-state index contributed by atoms with van der Waals surface area (Å²) < 4.78 is 6.62. The van der Waals surface area contributed by atoms with Crippen molar-refractivity contribution in [1.82, 2.24) is 9.78 Å². The van der Waals surface area contributed by atoms with Gasteiger partial charge < -0.3 is 4.74 Å². The molecular weight excluding hydrogens is 116 g/mol. The van der Waals surface area contributed by atoms with E-state index in [9.17, 15) is 0 Å². The summed E-state index contributed by atoms with van der Waals surface area (Å²) in [4.78, 5) is 0. The van der Waals surface area contributed by atoms with E-state index in [-0.39, 0.29) is 0 Å². The highest BCUT2D eigenvalue weighted by molar-refractivity contribution is 5.09. The third-order valence-electron chi connectivity index (χ3n) is 1.10. The summed E-state index contributed by atoms with van der Waals surface area (Å²) in [5.74, 6) is 0.692. The van der Waals surface area contributed by atoms with Gasteiger partial charge in [0.05, 0.1) is 13.3 Å². The van der Waals surface area contributed by atoms with Crippen molar-refractivity contribution in [3.8, 4) is 5.75 Å². The second-order valence-electron chi connectivity index (χ2n) is 1.66. The lowest BCUT2D eigenvalue weighted by Gasteiger charge is -1.90. The highest BCUT2D eigenvalue weighted by atomic mass is 16.5. The quantitative estimate of drug-likeness (QED) is 0.582. The van der Waals surface area contributed by atoms with Crippen molar-refractivity contribution in [2.24, 2.45) is 0 Å². The van der Waals surface area contributed by atoms with Crippen LogP contribution in [-0.4, -0.2) is 16.9 Å². The van der Waals surface area contributed by atoms with Crippen LogP contribution in [0, 0.1) is 6.20 Å². The Balaban J connectivity index is 2.74. The normalized spacial score (nSPS) is 9.56. The molecule has 0 amide bonds. The number of rotatable bonds is 2. The number of methoxy groups -OCH3 is 1. The smallest absolute Gasteiger partial charge is 0.166 e. The molecule has 0 unspecified atom stereocenters. The molecule has 0 aliphatic heterocycles. The van der Waals surface area contributed by atoms with Crippen LogP contribution in [0.1, 0.15) is 6.92 Å². The molecule has 0 bridgehead atoms. The van der Waals surface area contributed by atoms with Gasteiger partial charge in [-0.15, -0.1) is 0 Å². The third kappa shape index (κ3) is 1.22. The van der Waals surface area contributed by atoms with Crippen molar-refractivity contribution in [2.45, 2.75) is 13.5 Å². The Bertz CT molecular complexity index is 164. The number of nitrogens with zero attached hydrogens (tertiary/aromatic N) is 2. The highest BCUT2D eigenvalue weighted by Crippen LogP contribution is 2.04. The number of ether oxygens (including phenoxy) is 1. The summed E-state index contributed by atoms with van der Waals surface area (Å²) in [6.07, 6.45) is 4.50. The molecule has 1 aromatic rings. The second-order valence-corrected chi connectivity index (χ2v) is 1.66. The van der Waals surface area contributed by atoms with Gasteiger partial charge in [0.25, 0.3) is 0 Å². The van der Waals surface area contributed by atoms with Gasteiger partial charge in [-0.3, -0.25) is 4.68 Å². The molecule has 0 saturated heterocycles. The summed E-state index contributed by atoms with van der Waals surface area (Å²) in [7, 11) is 1.60. The predicted molar refractivity (Wildman–Crippen MR) is 33.3 cm³/mol. The van der Waals surface area contributed by atoms with Gasteiger partial charge in [-0.25, -0.2) is 0 Å². The molecule has 1 aromatic heterocycles. The lowest BCUT2D eigenvalue weighted by molar-refractivity contribution is 0.413. The Morgan fingerprint density at radius 1 is 1.89 bits per heavy atom. The summed E-state index contributed by atoms with van der Waals surface area (Å²) >= 11 is 0. The largest absolute Gasteiger partial charge is 0.493 e. The van der Waals surface area contributed by atoms with Crippen LogP contribution in [0.15, 0.2) is 6.20 Å². The SMILES string of the molecule is CCn1cc(OC)[c]n1. The first-order chi connectivity index (χ1) is 4.36. The summed E-state index contributed by atoms with van der Waals surface area (Å²) in [5, 5.41) is 3.87. The van der Waals surface area contributed by atoms with Gasteiger partial charge in [0, 0.05) is 6.54 Å². The Morgan fingerprint density at radius 3 is 3.00 bits per heavy atom. The van der Waals surface area contributed by atoms with Crippen LogP contribution in [0.4, 0.5) is 0 Å². The first-order valence-corrected chi connectivity index (χ1v) is 2.86. The Hall–Kier alpha value is -0.990. The third-order valence-corrected chi connectivity index (χ3v) is 1.10. The first-order valence-electron chi connectivity index (χ1n) is 2.86. The van der Waals surface area contributed by atoms with Gasteiger partial charge in [0.2, 0.25) is 0 Å². The van der Waals surface area contributed by atoms with Crippen LogP contribution < -0.4 is 4.74 Å². The maximum atomic E-state index is 4.86. The molecule has 0 saturated carbocycles. The van der Waals surface area contributed by atoms with Gasteiger partial charge in [-0.05, 0) is 6.92 Å². The van der Waals surface area contributed by atoms with Crippen LogP contribution in [-0.2, 0) is 6.54 Å². The Labute approximate surface area is 54.2 Å². The highest BCUT2D eigenvalue weighted by Gasteiger charge is 1.93. The van der Waals surface area contributed by atoms with E-state index in [1.807, 2.05) is 6.92 Å². The average Bonchev–Trinajstić information content (AvgIpc) is 2.34. The van der Waals surface area contributed by atoms with E-state index in [2.05, 4.69) is 11.3 Å². The fourth-order valence-electron chi connectivity index (χ4n) is 0.567. The molecule has 0 spiro atoms. The molecule has 0 aliphatic carbocycles. The Kier molecular flexibility index (Phi) is 1.72. The molecule has 1 heterocycles. The zero-order chi connectivity index (χ0) is 6.69. The molecule has 0 aromatic carbocycles. The number of hydrogen-bond acceptors (Lipinski definition) is 2. The van der Waals surface area contributed by atoms with Gasteiger partial charge in [0.15, 0.2) is 11.9 Å². The standard InChI is InChI=1S/C6H9N2O/c1-3-8-5-6(9-2)4-7-8/h5H,3H2,1-2H3. The van der Waals surface area contributed by atoms with Crippen LogP contribution >= 0.6 is 0 Å². The van der Waals surface area contributed by atoms with Crippen molar-refractivity contribution in [2.75, 3.05) is 7.11 Å². The molecule has 1 radical (unpaired) electrons. The second kappa shape index (κ2) is 2.53. The van der Waals surface area contributed by atoms with Crippen LogP contribution in [0.3, 0.4) is 0 Å². The minimum absolute atomic E-state index is 0.692. The van der Waals surface area contributed by atoms with Crippen molar-refractivity contribution < 1.29 is 4.74 Å². The van der Waals surface area contributed by atoms with Crippen molar-refractivity contribution >= 4 is 0 Å². The maximum Gasteiger partial charge on any atom is 0.166 e. The van der Waals surface area contributed by atoms with Gasteiger partial charge in [-0.1, -0.05) is 0 Å². The molecule has 49 valence electrons. The van der Waals surface area contributed by atoms with Crippen LogP contribution in [0.2, 0.25) is 0 Å². The summed E-state index contributed by atoms with van der Waals surface area (Å²) in [6.45, 7) is 2.88. The molecule has 0 atom stereocenters. The van der Waals surface area contributed by atoms with Crippen molar-refractivity contribution in [3.05, 3.63) is 12.4 Å². The first kappa shape index (κ1) is 6.13. The number of aryl methyl sites for hydroxylation is 1. The topological polar surface area (TPSA) is 27.1 Å². The average molecular weight is 125 g/mol. The van der Waals surface area contributed by atoms with Crippen LogP contribution in [0.5, 0.6) is 5.75 Å². The molecule has 0 N–H and O–H groups in total. The molecule has 0 fully saturated rings. The van der Waals surface area contributed by atoms with Gasteiger partial charge >= 0.3 is 0 Å². The van der Waals surface area contributed by atoms with Crippen molar-refractivity contribution in [1.29, 1.82) is 0 Å². The fourth-order valence-corrected chi connectivity index (χ4v) is 0.567. The van der Waals surface area contributed by atoms with E-state index >= 15 is 0 Å². The predicted octanol–water partition coefficient (Wildman–Crippen LogP) is 0.712. The zero-order valence-corrected chi connectivity index (χ0v) is 5.59. The summed E-state index contributed by atoms with van der Waals surface area (Å²) in [6, 6.07) is 0. The molecule has 0 aliphatic rings. The Morgan fingerprint density at radius 2 is 2.67 bits per heavy atom. The van der Waals surface area contributed by atoms with Gasteiger partial charge in [-0.2, -0.15) is 5.10 Å². The lowest BCUT2D eigenvalue weighted by Crippen LogP contribution is -1.92. The minimum Gasteiger partial charge on any atom is -0.493 e. The monoisotopic (exact) mass is 125 g/mol. The summed E-state index contributed by atoms with van der Waals surface area (Å²) in [5.41, 5.74) is 0. The zero-order valence-electron chi connectivity index (χ0n) is 5.59. The van der Waals surface area contributed by atoms with E-state index in [1.54, 1.807) is 18.0 Å². The molecule has 3 nitrogen and oxygen atoms in total. The van der Waals surface area contributed by atoms with E-state index in [1.165, 1.54) is 0 Å². The van der Waals surface area contributed by atoms with E-state index in [0.717, 1.165) is 6.54 Å². The number of hydrogen-bond donors (Lipinski definition) is 0. The van der Waals surface area contributed by atoms with Gasteiger partial charge in [0.1, 0.15) is 0 Å². The molecular formula is C6H9N2O. The van der Waals surface area contributed by atoms with Crippen LogP contribution in [0.25, 0.3) is 0 Å². The molecule has 9 heavy (non-hydrogen) atoms. The molecule has 1 rings (SSSR count). The van der Waals surface area contributed by atoms with E-state index < -0.39 is 0 Å². The number of aromatic nitrogens is 2. The maximum absolute atomic E-state index is 4.86. The van der Waals surface area contributed by atoms with E-state index in [4.69, 9.17) is 4.74 Å². The van der Waals surface area contributed by atoms with E-state index in [0.29, 0.717) is 5.75 Å².